The van der Waals surface area contributed by atoms with Crippen LogP contribution in [0.25, 0.3) is 0 Å². The Morgan fingerprint density at radius 2 is 2.00 bits per heavy atom. The molecule has 2 N–H and O–H groups in total. The van der Waals surface area contributed by atoms with Crippen LogP contribution in [0.4, 0.5) is 0 Å². The average Bonchev–Trinajstić information content (AvgIpc) is 3.09. The minimum absolute atomic E-state index is 0.0695. The van der Waals surface area contributed by atoms with Crippen molar-refractivity contribution in [3.8, 4) is 0 Å². The number of likely N-dealkylation sites (tertiary alicyclic amines) is 1. The number of amides is 1. The molecule has 1 aliphatic carbocycles. The average molecular weight is 302 g/mol. The van der Waals surface area contributed by atoms with Crippen molar-refractivity contribution in [1.29, 1.82) is 0 Å². The topological polar surface area (TPSA) is 46.3 Å². The minimum atomic E-state index is 0.0695. The number of thioether (sulfide) groups is 1. The SMILES string of the molecule is NC1CC[C@@H]2CN(C(=O)C3CSc4ccccc43)C[C@@H]2C1. The van der Waals surface area contributed by atoms with Gasteiger partial charge < -0.3 is 10.6 Å². The first-order valence-electron chi connectivity index (χ1n) is 7.98. The molecule has 0 radical (unpaired) electrons. The number of hydrogen-bond acceptors (Lipinski definition) is 3. The van der Waals surface area contributed by atoms with Gasteiger partial charge in [-0.3, -0.25) is 4.79 Å². The Hall–Kier alpha value is -1.00. The van der Waals surface area contributed by atoms with Crippen molar-refractivity contribution in [3.63, 3.8) is 0 Å². The van der Waals surface area contributed by atoms with Crippen LogP contribution in [0.1, 0.15) is 30.7 Å². The zero-order valence-corrected chi connectivity index (χ0v) is 13.0. The van der Waals surface area contributed by atoms with Gasteiger partial charge in [0.2, 0.25) is 5.91 Å². The monoisotopic (exact) mass is 302 g/mol. The second kappa shape index (κ2) is 5.33. The van der Waals surface area contributed by atoms with Gasteiger partial charge in [0.15, 0.2) is 0 Å². The fourth-order valence-electron chi connectivity index (χ4n) is 4.24. The van der Waals surface area contributed by atoms with Gasteiger partial charge >= 0.3 is 0 Å². The zero-order valence-electron chi connectivity index (χ0n) is 12.2. The molecule has 1 saturated heterocycles. The number of carbonyl (C=O) groups excluding carboxylic acids is 1. The van der Waals surface area contributed by atoms with Crippen LogP contribution in [-0.4, -0.2) is 35.7 Å². The van der Waals surface area contributed by atoms with Crippen LogP contribution in [0.15, 0.2) is 29.2 Å². The Morgan fingerprint density at radius 3 is 2.90 bits per heavy atom. The number of rotatable bonds is 1. The third-order valence-electron chi connectivity index (χ3n) is 5.40. The molecule has 1 aromatic carbocycles. The smallest absolute Gasteiger partial charge is 0.231 e. The largest absolute Gasteiger partial charge is 0.342 e. The molecule has 4 atom stereocenters. The first-order chi connectivity index (χ1) is 10.2. The van der Waals surface area contributed by atoms with E-state index in [4.69, 9.17) is 5.73 Å². The maximum Gasteiger partial charge on any atom is 0.231 e. The molecular weight excluding hydrogens is 280 g/mol. The van der Waals surface area contributed by atoms with Crippen LogP contribution < -0.4 is 5.73 Å². The van der Waals surface area contributed by atoms with Gasteiger partial charge in [-0.25, -0.2) is 0 Å². The van der Waals surface area contributed by atoms with E-state index in [1.807, 2.05) is 17.8 Å². The molecule has 1 aromatic rings. The van der Waals surface area contributed by atoms with Gasteiger partial charge in [0.05, 0.1) is 5.92 Å². The standard InChI is InChI=1S/C17H22N2OS/c18-13-6-5-11-8-19(9-12(11)7-13)17(20)15-10-21-16-4-2-1-3-14(15)16/h1-4,11-13,15H,5-10,18H2/t11-,12+,13?,15?/m1/s1. The summed E-state index contributed by atoms with van der Waals surface area (Å²) in [6.07, 6.45) is 3.43. The fraction of sp³-hybridized carbons (Fsp3) is 0.588. The van der Waals surface area contributed by atoms with E-state index in [9.17, 15) is 4.79 Å². The number of nitrogens with zero attached hydrogens (tertiary/aromatic N) is 1. The summed E-state index contributed by atoms with van der Waals surface area (Å²) in [6, 6.07) is 8.72. The molecule has 112 valence electrons. The Kier molecular flexibility index (Phi) is 3.46. The summed E-state index contributed by atoms with van der Waals surface area (Å²) in [5.41, 5.74) is 7.33. The molecule has 4 rings (SSSR count). The van der Waals surface area contributed by atoms with Gasteiger partial charge in [0.1, 0.15) is 0 Å². The Labute approximate surface area is 130 Å². The molecule has 2 heterocycles. The summed E-state index contributed by atoms with van der Waals surface area (Å²) in [5.74, 6) is 2.65. The third-order valence-corrected chi connectivity index (χ3v) is 6.58. The molecular formula is C17H22N2OS. The highest BCUT2D eigenvalue weighted by Crippen LogP contribution is 2.42. The molecule has 1 amide bonds. The summed E-state index contributed by atoms with van der Waals surface area (Å²) in [4.78, 5) is 16.3. The number of carbonyl (C=O) groups is 1. The van der Waals surface area contributed by atoms with Crippen molar-refractivity contribution in [1.82, 2.24) is 4.90 Å². The van der Waals surface area contributed by atoms with Crippen molar-refractivity contribution in [2.75, 3.05) is 18.8 Å². The number of hydrogen-bond donors (Lipinski definition) is 1. The molecule has 2 fully saturated rings. The third kappa shape index (κ3) is 2.38. The number of fused-ring (bicyclic) bond motifs is 2. The summed E-state index contributed by atoms with van der Waals surface area (Å²) >= 11 is 1.82. The molecule has 3 nitrogen and oxygen atoms in total. The van der Waals surface area contributed by atoms with Crippen LogP contribution in [0.2, 0.25) is 0 Å². The van der Waals surface area contributed by atoms with Crippen LogP contribution in [0, 0.1) is 11.8 Å². The summed E-state index contributed by atoms with van der Waals surface area (Å²) in [6.45, 7) is 1.89. The quantitative estimate of drug-likeness (QED) is 0.867. The van der Waals surface area contributed by atoms with E-state index in [0.717, 1.165) is 31.7 Å². The van der Waals surface area contributed by atoms with Crippen LogP contribution in [0.3, 0.4) is 0 Å². The summed E-state index contributed by atoms with van der Waals surface area (Å²) in [5, 5.41) is 0. The maximum atomic E-state index is 12.9. The van der Waals surface area contributed by atoms with Gasteiger partial charge in [-0.15, -0.1) is 11.8 Å². The molecule has 2 unspecified atom stereocenters. The first kappa shape index (κ1) is 13.6. The zero-order chi connectivity index (χ0) is 14.4. The highest BCUT2D eigenvalue weighted by atomic mass is 32.2. The Balaban J connectivity index is 1.50. The molecule has 0 bridgehead atoms. The maximum absolute atomic E-state index is 12.9. The van der Waals surface area contributed by atoms with E-state index < -0.39 is 0 Å². The molecule has 1 saturated carbocycles. The van der Waals surface area contributed by atoms with Gasteiger partial charge in [-0.1, -0.05) is 18.2 Å². The van der Waals surface area contributed by atoms with Crippen LogP contribution in [-0.2, 0) is 4.79 Å². The second-order valence-electron chi connectivity index (χ2n) is 6.74. The Bertz CT molecular complexity index is 561. The molecule has 3 aliphatic rings. The van der Waals surface area contributed by atoms with Crippen molar-refractivity contribution >= 4 is 17.7 Å². The molecule has 2 aliphatic heterocycles. The lowest BCUT2D eigenvalue weighted by Gasteiger charge is -2.27. The van der Waals surface area contributed by atoms with Gasteiger partial charge in [0, 0.05) is 29.8 Å². The normalized spacial score (nSPS) is 34.6. The lowest BCUT2D eigenvalue weighted by Crippen LogP contribution is -2.34. The molecule has 0 aromatic heterocycles. The lowest BCUT2D eigenvalue weighted by atomic mass is 9.79. The lowest BCUT2D eigenvalue weighted by molar-refractivity contribution is -0.131. The van der Waals surface area contributed by atoms with Crippen molar-refractivity contribution in [2.24, 2.45) is 17.6 Å². The van der Waals surface area contributed by atoms with E-state index in [1.165, 1.54) is 16.9 Å². The minimum Gasteiger partial charge on any atom is -0.342 e. The van der Waals surface area contributed by atoms with Gasteiger partial charge in [-0.2, -0.15) is 0 Å². The second-order valence-corrected chi connectivity index (χ2v) is 7.80. The summed E-state index contributed by atoms with van der Waals surface area (Å²) in [7, 11) is 0. The van der Waals surface area contributed by atoms with Gasteiger partial charge in [0.25, 0.3) is 0 Å². The predicted octanol–water partition coefficient (Wildman–Crippen LogP) is 2.46. The predicted molar refractivity (Wildman–Crippen MR) is 85.3 cm³/mol. The van der Waals surface area contributed by atoms with Crippen LogP contribution in [0.5, 0.6) is 0 Å². The number of benzene rings is 1. The summed E-state index contributed by atoms with van der Waals surface area (Å²) < 4.78 is 0. The van der Waals surface area contributed by atoms with Crippen molar-refractivity contribution in [3.05, 3.63) is 29.8 Å². The molecule has 21 heavy (non-hydrogen) atoms. The highest BCUT2D eigenvalue weighted by molar-refractivity contribution is 7.99. The van der Waals surface area contributed by atoms with Crippen LogP contribution >= 0.6 is 11.8 Å². The van der Waals surface area contributed by atoms with E-state index in [2.05, 4.69) is 23.1 Å². The van der Waals surface area contributed by atoms with E-state index >= 15 is 0 Å². The van der Waals surface area contributed by atoms with E-state index in [-0.39, 0.29) is 5.92 Å². The first-order valence-corrected chi connectivity index (χ1v) is 8.97. The molecule has 4 heteroatoms. The molecule has 0 spiro atoms. The van der Waals surface area contributed by atoms with Crippen molar-refractivity contribution in [2.45, 2.75) is 36.1 Å². The fourth-order valence-corrected chi connectivity index (χ4v) is 5.46. The van der Waals surface area contributed by atoms with Gasteiger partial charge in [-0.05, 0) is 42.7 Å². The van der Waals surface area contributed by atoms with E-state index in [0.29, 0.717) is 23.8 Å². The highest BCUT2D eigenvalue weighted by Gasteiger charge is 2.41. The number of nitrogens with two attached hydrogens (primary N) is 1. The van der Waals surface area contributed by atoms with E-state index in [1.54, 1.807) is 0 Å². The Morgan fingerprint density at radius 1 is 1.19 bits per heavy atom. The van der Waals surface area contributed by atoms with Crippen molar-refractivity contribution < 1.29 is 4.79 Å².